The highest BCUT2D eigenvalue weighted by atomic mass is 16.2. The summed E-state index contributed by atoms with van der Waals surface area (Å²) in [5.74, 6) is 0.632. The van der Waals surface area contributed by atoms with E-state index in [9.17, 15) is 4.79 Å². The Balaban J connectivity index is 1.68. The van der Waals surface area contributed by atoms with Gasteiger partial charge in [-0.3, -0.25) is 0 Å². The lowest BCUT2D eigenvalue weighted by Gasteiger charge is -2.27. The maximum atomic E-state index is 11.5. The molecule has 0 aromatic rings. The van der Waals surface area contributed by atoms with E-state index in [0.717, 1.165) is 12.8 Å². The molecule has 0 heterocycles. The zero-order valence-electron chi connectivity index (χ0n) is 8.46. The van der Waals surface area contributed by atoms with Crippen LogP contribution in [0.4, 0.5) is 4.79 Å². The van der Waals surface area contributed by atoms with Gasteiger partial charge in [-0.15, -0.1) is 0 Å². The molecule has 0 bridgehead atoms. The predicted molar refractivity (Wildman–Crippen MR) is 54.9 cm³/mol. The Hall–Kier alpha value is -0.770. The molecular formula is C10H19N3O. The summed E-state index contributed by atoms with van der Waals surface area (Å²) in [5.41, 5.74) is 5.60. The van der Waals surface area contributed by atoms with Crippen molar-refractivity contribution in [3.63, 3.8) is 0 Å². The smallest absolute Gasteiger partial charge is 0.315 e. The van der Waals surface area contributed by atoms with E-state index >= 15 is 0 Å². The zero-order valence-corrected chi connectivity index (χ0v) is 8.46. The summed E-state index contributed by atoms with van der Waals surface area (Å²) in [5, 5.41) is 5.91. The Morgan fingerprint density at radius 1 is 1.36 bits per heavy atom. The highest BCUT2D eigenvalue weighted by Crippen LogP contribution is 2.32. The normalized spacial score (nSPS) is 23.8. The fraction of sp³-hybridized carbons (Fsp3) is 0.900. The van der Waals surface area contributed by atoms with Crippen LogP contribution in [-0.4, -0.2) is 24.7 Å². The van der Waals surface area contributed by atoms with Crippen molar-refractivity contribution in [2.45, 2.75) is 44.2 Å². The van der Waals surface area contributed by atoms with Gasteiger partial charge >= 0.3 is 6.03 Å². The third kappa shape index (κ3) is 2.38. The van der Waals surface area contributed by atoms with Crippen molar-refractivity contribution in [1.82, 2.24) is 10.6 Å². The molecule has 2 fully saturated rings. The van der Waals surface area contributed by atoms with Gasteiger partial charge in [-0.05, 0) is 38.0 Å². The summed E-state index contributed by atoms with van der Waals surface area (Å²) < 4.78 is 0. The van der Waals surface area contributed by atoms with Crippen LogP contribution in [0.15, 0.2) is 0 Å². The van der Waals surface area contributed by atoms with Crippen LogP contribution >= 0.6 is 0 Å². The number of amides is 2. The molecule has 2 saturated carbocycles. The minimum atomic E-state index is -0.0305. The molecule has 2 rings (SSSR count). The quantitative estimate of drug-likeness (QED) is 0.617. The predicted octanol–water partition coefficient (Wildman–Crippen LogP) is 0.575. The third-order valence-electron chi connectivity index (χ3n) is 3.20. The standard InChI is InChI=1S/C10H19N3O/c11-6-9(7-4-5-7)13-10(14)12-8-2-1-3-8/h7-9H,1-6,11H2,(H2,12,13,14). The van der Waals surface area contributed by atoms with Crippen LogP contribution in [-0.2, 0) is 0 Å². The van der Waals surface area contributed by atoms with E-state index in [1.54, 1.807) is 0 Å². The minimum absolute atomic E-state index is 0.0305. The second-order valence-corrected chi connectivity index (χ2v) is 4.43. The maximum Gasteiger partial charge on any atom is 0.315 e. The van der Waals surface area contributed by atoms with Crippen LogP contribution in [0.25, 0.3) is 0 Å². The summed E-state index contributed by atoms with van der Waals surface area (Å²) in [7, 11) is 0. The lowest BCUT2D eigenvalue weighted by molar-refractivity contribution is 0.223. The van der Waals surface area contributed by atoms with E-state index in [1.165, 1.54) is 19.3 Å². The van der Waals surface area contributed by atoms with E-state index in [1.807, 2.05) is 0 Å². The Kier molecular flexibility index (Phi) is 2.91. The highest BCUT2D eigenvalue weighted by Gasteiger charge is 2.31. The van der Waals surface area contributed by atoms with E-state index in [2.05, 4.69) is 10.6 Å². The van der Waals surface area contributed by atoms with Crippen LogP contribution in [0.5, 0.6) is 0 Å². The van der Waals surface area contributed by atoms with Gasteiger partial charge in [0.05, 0.1) is 0 Å². The number of hydrogen-bond donors (Lipinski definition) is 3. The maximum absolute atomic E-state index is 11.5. The van der Waals surface area contributed by atoms with Gasteiger partial charge in [0.2, 0.25) is 0 Å². The van der Waals surface area contributed by atoms with Gasteiger partial charge in [0.15, 0.2) is 0 Å². The van der Waals surface area contributed by atoms with Gasteiger partial charge in [-0.2, -0.15) is 0 Å². The van der Waals surface area contributed by atoms with E-state index in [4.69, 9.17) is 5.73 Å². The van der Waals surface area contributed by atoms with Crippen LogP contribution in [0.3, 0.4) is 0 Å². The average Bonchev–Trinajstić information content (AvgIpc) is 2.90. The molecule has 2 aliphatic carbocycles. The van der Waals surface area contributed by atoms with Gasteiger partial charge in [0.1, 0.15) is 0 Å². The molecule has 2 aliphatic rings. The van der Waals surface area contributed by atoms with Crippen LogP contribution in [0.2, 0.25) is 0 Å². The summed E-state index contributed by atoms with van der Waals surface area (Å²) in [6, 6.07) is 0.569. The summed E-state index contributed by atoms with van der Waals surface area (Å²) >= 11 is 0. The monoisotopic (exact) mass is 197 g/mol. The first-order chi connectivity index (χ1) is 6.79. The first-order valence-corrected chi connectivity index (χ1v) is 5.56. The van der Waals surface area contributed by atoms with E-state index < -0.39 is 0 Å². The Labute approximate surface area is 84.6 Å². The Morgan fingerprint density at radius 3 is 2.50 bits per heavy atom. The fourth-order valence-electron chi connectivity index (χ4n) is 1.82. The first kappa shape index (κ1) is 9.77. The summed E-state index contributed by atoms with van der Waals surface area (Å²) in [6.07, 6.45) is 5.93. The molecule has 4 N–H and O–H groups in total. The Morgan fingerprint density at radius 2 is 2.07 bits per heavy atom. The van der Waals surface area contributed by atoms with Crippen LogP contribution in [0.1, 0.15) is 32.1 Å². The molecule has 2 amide bonds. The topological polar surface area (TPSA) is 67.1 Å². The average molecular weight is 197 g/mol. The van der Waals surface area contributed by atoms with E-state index in [0.29, 0.717) is 18.5 Å². The number of urea groups is 1. The first-order valence-electron chi connectivity index (χ1n) is 5.56. The number of rotatable bonds is 4. The van der Waals surface area contributed by atoms with Crippen molar-refractivity contribution in [2.24, 2.45) is 11.7 Å². The number of hydrogen-bond acceptors (Lipinski definition) is 2. The third-order valence-corrected chi connectivity index (χ3v) is 3.20. The largest absolute Gasteiger partial charge is 0.335 e. The lowest BCUT2D eigenvalue weighted by atomic mass is 9.93. The molecular weight excluding hydrogens is 178 g/mol. The molecule has 1 unspecified atom stereocenters. The van der Waals surface area contributed by atoms with Crippen molar-refractivity contribution >= 4 is 6.03 Å². The summed E-state index contributed by atoms with van der Waals surface area (Å²) in [4.78, 5) is 11.5. The molecule has 4 nitrogen and oxygen atoms in total. The van der Waals surface area contributed by atoms with Crippen LogP contribution < -0.4 is 16.4 Å². The second-order valence-electron chi connectivity index (χ2n) is 4.43. The SMILES string of the molecule is NCC(NC(=O)NC1CCC1)C1CC1. The van der Waals surface area contributed by atoms with Crippen molar-refractivity contribution in [3.8, 4) is 0 Å². The molecule has 14 heavy (non-hydrogen) atoms. The molecule has 0 aromatic carbocycles. The van der Waals surface area contributed by atoms with Crippen molar-refractivity contribution in [3.05, 3.63) is 0 Å². The van der Waals surface area contributed by atoms with Crippen molar-refractivity contribution < 1.29 is 4.79 Å². The fourth-order valence-corrected chi connectivity index (χ4v) is 1.82. The zero-order chi connectivity index (χ0) is 9.97. The molecule has 1 atom stereocenters. The molecule has 80 valence electrons. The van der Waals surface area contributed by atoms with Gasteiger partial charge in [-0.25, -0.2) is 4.79 Å². The van der Waals surface area contributed by atoms with E-state index in [-0.39, 0.29) is 12.1 Å². The van der Waals surface area contributed by atoms with Gasteiger partial charge in [-0.1, -0.05) is 0 Å². The van der Waals surface area contributed by atoms with Crippen molar-refractivity contribution in [1.29, 1.82) is 0 Å². The number of carbonyl (C=O) groups is 1. The lowest BCUT2D eigenvalue weighted by Crippen LogP contribution is -2.51. The summed E-state index contributed by atoms with van der Waals surface area (Å²) in [6.45, 7) is 0.558. The molecule has 0 spiro atoms. The molecule has 4 heteroatoms. The number of nitrogens with two attached hydrogens (primary N) is 1. The molecule has 0 aromatic heterocycles. The van der Waals surface area contributed by atoms with Gasteiger partial charge < -0.3 is 16.4 Å². The Bertz CT molecular complexity index is 211. The van der Waals surface area contributed by atoms with Gasteiger partial charge in [0.25, 0.3) is 0 Å². The second kappa shape index (κ2) is 4.17. The highest BCUT2D eigenvalue weighted by molar-refractivity contribution is 5.74. The molecule has 0 aliphatic heterocycles. The van der Waals surface area contributed by atoms with Crippen molar-refractivity contribution in [2.75, 3.05) is 6.54 Å². The number of nitrogens with one attached hydrogen (secondary N) is 2. The molecule has 0 radical (unpaired) electrons. The molecule has 0 saturated heterocycles. The van der Waals surface area contributed by atoms with Crippen LogP contribution in [0, 0.1) is 5.92 Å². The number of carbonyl (C=O) groups excluding carboxylic acids is 1. The minimum Gasteiger partial charge on any atom is -0.335 e. The van der Waals surface area contributed by atoms with Gasteiger partial charge in [0, 0.05) is 18.6 Å².